The van der Waals surface area contributed by atoms with Crippen LogP contribution in [-0.4, -0.2) is 11.0 Å². The number of hydrogen-bond donors (Lipinski definition) is 1. The lowest BCUT2D eigenvalue weighted by atomic mass is 10.1. The van der Waals surface area contributed by atoms with E-state index in [9.17, 15) is 10.1 Å². The van der Waals surface area contributed by atoms with Gasteiger partial charge < -0.3 is 5.32 Å². The van der Waals surface area contributed by atoms with Crippen molar-refractivity contribution in [1.29, 1.82) is 5.26 Å². The Morgan fingerprint density at radius 3 is 2.83 bits per heavy atom. The van der Waals surface area contributed by atoms with Crippen LogP contribution < -0.4 is 5.32 Å². The Hall–Kier alpha value is -2.09. The number of nitro benzene ring substituents is 1. The van der Waals surface area contributed by atoms with Gasteiger partial charge in [0.15, 0.2) is 0 Å². The normalized spacial score (nSPS) is 22.4. The molecular formula is C13H15N3O2. The number of benzene rings is 1. The summed E-state index contributed by atoms with van der Waals surface area (Å²) < 4.78 is 0. The largest absolute Gasteiger partial charge is 0.377 e. The maximum absolute atomic E-state index is 10.9. The van der Waals surface area contributed by atoms with Gasteiger partial charge in [-0.1, -0.05) is 6.92 Å². The van der Waals surface area contributed by atoms with Crippen LogP contribution in [0.3, 0.4) is 0 Å². The van der Waals surface area contributed by atoms with E-state index in [0.29, 0.717) is 17.2 Å². The summed E-state index contributed by atoms with van der Waals surface area (Å²) in [6, 6.07) is 6.69. The molecule has 1 N–H and O–H groups in total. The molecule has 0 aliphatic heterocycles. The van der Waals surface area contributed by atoms with Crippen molar-refractivity contribution in [2.24, 2.45) is 5.92 Å². The van der Waals surface area contributed by atoms with Gasteiger partial charge in [-0.3, -0.25) is 10.1 Å². The number of nitro groups is 1. The van der Waals surface area contributed by atoms with Crippen molar-refractivity contribution >= 4 is 11.4 Å². The van der Waals surface area contributed by atoms with Gasteiger partial charge in [-0.05, 0) is 37.3 Å². The SMILES string of the molecule is CC1CCC(Nc2cc(C#N)ccc2[N+](=O)[O-])C1. The zero-order valence-electron chi connectivity index (χ0n) is 10.2. The molecule has 1 aromatic rings. The van der Waals surface area contributed by atoms with Crippen LogP contribution in [0.1, 0.15) is 31.7 Å². The molecule has 1 aliphatic carbocycles. The average molecular weight is 245 g/mol. The highest BCUT2D eigenvalue weighted by atomic mass is 16.6. The first-order valence-corrected chi connectivity index (χ1v) is 6.05. The fraction of sp³-hybridized carbons (Fsp3) is 0.462. The summed E-state index contributed by atoms with van der Waals surface area (Å²) >= 11 is 0. The smallest absolute Gasteiger partial charge is 0.292 e. The van der Waals surface area contributed by atoms with E-state index < -0.39 is 4.92 Å². The molecule has 0 amide bonds. The summed E-state index contributed by atoms with van der Waals surface area (Å²) in [4.78, 5) is 10.5. The van der Waals surface area contributed by atoms with Crippen molar-refractivity contribution in [1.82, 2.24) is 0 Å². The van der Waals surface area contributed by atoms with Crippen molar-refractivity contribution in [3.05, 3.63) is 33.9 Å². The van der Waals surface area contributed by atoms with E-state index in [1.807, 2.05) is 6.07 Å². The molecule has 1 saturated carbocycles. The highest BCUT2D eigenvalue weighted by molar-refractivity contribution is 5.64. The van der Waals surface area contributed by atoms with Gasteiger partial charge in [0.2, 0.25) is 0 Å². The van der Waals surface area contributed by atoms with Crippen LogP contribution in [0.2, 0.25) is 0 Å². The van der Waals surface area contributed by atoms with E-state index in [4.69, 9.17) is 5.26 Å². The monoisotopic (exact) mass is 245 g/mol. The van der Waals surface area contributed by atoms with Crippen molar-refractivity contribution in [2.75, 3.05) is 5.32 Å². The molecule has 2 rings (SSSR count). The van der Waals surface area contributed by atoms with Gasteiger partial charge >= 0.3 is 0 Å². The van der Waals surface area contributed by atoms with Crippen molar-refractivity contribution < 1.29 is 4.92 Å². The number of nitrogens with zero attached hydrogens (tertiary/aromatic N) is 2. The standard InChI is InChI=1S/C13H15N3O2/c1-9-2-4-11(6-9)15-12-7-10(8-14)3-5-13(12)16(17)18/h3,5,7,9,11,15H,2,4,6H2,1H3. The topological polar surface area (TPSA) is 79.0 Å². The van der Waals surface area contributed by atoms with Gasteiger partial charge in [0.25, 0.3) is 5.69 Å². The molecule has 0 aromatic heterocycles. The Balaban J connectivity index is 2.24. The molecule has 0 spiro atoms. The van der Waals surface area contributed by atoms with Crippen LogP contribution in [0.5, 0.6) is 0 Å². The average Bonchev–Trinajstić information content (AvgIpc) is 2.74. The third-order valence-corrected chi connectivity index (χ3v) is 3.38. The van der Waals surface area contributed by atoms with Crippen molar-refractivity contribution in [3.8, 4) is 6.07 Å². The third kappa shape index (κ3) is 2.59. The summed E-state index contributed by atoms with van der Waals surface area (Å²) in [5.41, 5.74) is 0.931. The van der Waals surface area contributed by atoms with E-state index in [1.54, 1.807) is 6.07 Å². The van der Waals surface area contributed by atoms with Gasteiger partial charge in [-0.25, -0.2) is 0 Å². The molecule has 0 radical (unpaired) electrons. The van der Waals surface area contributed by atoms with Crippen LogP contribution in [-0.2, 0) is 0 Å². The maximum Gasteiger partial charge on any atom is 0.292 e. The second-order valence-electron chi connectivity index (χ2n) is 4.86. The number of nitrogens with one attached hydrogen (secondary N) is 1. The minimum absolute atomic E-state index is 0.0357. The van der Waals surface area contributed by atoms with E-state index in [0.717, 1.165) is 19.3 Å². The second kappa shape index (κ2) is 5.05. The van der Waals surface area contributed by atoms with Crippen LogP contribution in [0.4, 0.5) is 11.4 Å². The Morgan fingerprint density at radius 1 is 1.50 bits per heavy atom. The van der Waals surface area contributed by atoms with Crippen molar-refractivity contribution in [3.63, 3.8) is 0 Å². The highest BCUT2D eigenvalue weighted by Gasteiger charge is 2.24. The molecule has 94 valence electrons. The molecular weight excluding hydrogens is 230 g/mol. The molecule has 0 saturated heterocycles. The van der Waals surface area contributed by atoms with Crippen LogP contribution >= 0.6 is 0 Å². The summed E-state index contributed by atoms with van der Waals surface area (Å²) in [6.07, 6.45) is 3.19. The maximum atomic E-state index is 10.9. The quantitative estimate of drug-likeness (QED) is 0.655. The Bertz CT molecular complexity index is 507. The summed E-state index contributed by atoms with van der Waals surface area (Å²) in [7, 11) is 0. The van der Waals surface area contributed by atoms with Gasteiger partial charge in [-0.2, -0.15) is 5.26 Å². The molecule has 1 aliphatic rings. The fourth-order valence-electron chi connectivity index (χ4n) is 2.44. The number of anilines is 1. The Morgan fingerprint density at radius 2 is 2.28 bits per heavy atom. The first kappa shape index (κ1) is 12.4. The second-order valence-corrected chi connectivity index (χ2v) is 4.86. The van der Waals surface area contributed by atoms with Crippen LogP contribution in [0.15, 0.2) is 18.2 Å². The Labute approximate surface area is 106 Å². The highest BCUT2D eigenvalue weighted by Crippen LogP contribution is 2.31. The zero-order chi connectivity index (χ0) is 13.1. The fourth-order valence-corrected chi connectivity index (χ4v) is 2.44. The van der Waals surface area contributed by atoms with Gasteiger partial charge in [0, 0.05) is 12.1 Å². The predicted molar refractivity (Wildman–Crippen MR) is 68.2 cm³/mol. The lowest BCUT2D eigenvalue weighted by Crippen LogP contribution is -2.16. The predicted octanol–water partition coefficient (Wildman–Crippen LogP) is 3.07. The number of nitriles is 1. The van der Waals surface area contributed by atoms with Crippen molar-refractivity contribution in [2.45, 2.75) is 32.2 Å². The first-order chi connectivity index (χ1) is 8.60. The minimum Gasteiger partial charge on any atom is -0.377 e. The van der Waals surface area contributed by atoms with E-state index >= 15 is 0 Å². The van der Waals surface area contributed by atoms with Gasteiger partial charge in [-0.15, -0.1) is 0 Å². The summed E-state index contributed by atoms with van der Waals surface area (Å²) in [6.45, 7) is 2.18. The van der Waals surface area contributed by atoms with E-state index in [2.05, 4.69) is 12.2 Å². The third-order valence-electron chi connectivity index (χ3n) is 3.38. The molecule has 5 nitrogen and oxygen atoms in total. The van der Waals surface area contributed by atoms with Crippen LogP contribution in [0, 0.1) is 27.4 Å². The van der Waals surface area contributed by atoms with Gasteiger partial charge in [0.05, 0.1) is 16.6 Å². The van der Waals surface area contributed by atoms with Crippen LogP contribution in [0.25, 0.3) is 0 Å². The summed E-state index contributed by atoms with van der Waals surface area (Å²) in [5, 5.41) is 23.0. The van der Waals surface area contributed by atoms with E-state index in [-0.39, 0.29) is 11.7 Å². The molecule has 1 fully saturated rings. The summed E-state index contributed by atoms with van der Waals surface area (Å²) in [5.74, 6) is 0.653. The molecule has 0 heterocycles. The molecule has 2 unspecified atom stereocenters. The minimum atomic E-state index is -0.415. The first-order valence-electron chi connectivity index (χ1n) is 6.05. The lowest BCUT2D eigenvalue weighted by Gasteiger charge is -2.14. The molecule has 18 heavy (non-hydrogen) atoms. The lowest BCUT2D eigenvalue weighted by molar-refractivity contribution is -0.384. The zero-order valence-corrected chi connectivity index (χ0v) is 10.2. The Kier molecular flexibility index (Phi) is 3.47. The molecule has 2 atom stereocenters. The number of rotatable bonds is 3. The molecule has 1 aromatic carbocycles. The molecule has 0 bridgehead atoms. The number of hydrogen-bond acceptors (Lipinski definition) is 4. The van der Waals surface area contributed by atoms with Gasteiger partial charge in [0.1, 0.15) is 5.69 Å². The van der Waals surface area contributed by atoms with E-state index in [1.165, 1.54) is 12.1 Å². The molecule has 5 heteroatoms.